The summed E-state index contributed by atoms with van der Waals surface area (Å²) in [5.41, 5.74) is 2.41. The molecule has 0 radical (unpaired) electrons. The van der Waals surface area contributed by atoms with Crippen molar-refractivity contribution < 1.29 is 9.53 Å². The number of carbonyl (C=O) groups excluding carboxylic acids is 1. The van der Waals surface area contributed by atoms with Crippen molar-refractivity contribution in [3.63, 3.8) is 0 Å². The summed E-state index contributed by atoms with van der Waals surface area (Å²) in [7, 11) is 1.31. The van der Waals surface area contributed by atoms with E-state index in [4.69, 9.17) is 0 Å². The highest BCUT2D eigenvalue weighted by Gasteiger charge is 2.24. The summed E-state index contributed by atoms with van der Waals surface area (Å²) in [4.78, 5) is 28.8. The van der Waals surface area contributed by atoms with E-state index >= 15 is 0 Å². The Bertz CT molecular complexity index is 815. The van der Waals surface area contributed by atoms with Crippen LogP contribution in [0.5, 0.6) is 0 Å². The predicted molar refractivity (Wildman–Crippen MR) is 95.7 cm³/mol. The second-order valence-electron chi connectivity index (χ2n) is 6.35. The third-order valence-electron chi connectivity index (χ3n) is 4.65. The van der Waals surface area contributed by atoms with Crippen LogP contribution in [0.25, 0.3) is 0 Å². The van der Waals surface area contributed by atoms with Gasteiger partial charge in [-0.05, 0) is 38.2 Å². The molecule has 0 saturated heterocycles. The number of anilines is 1. The normalized spacial score (nSPS) is 16.0. The number of hydrogen-bond acceptors (Lipinski definition) is 5. The highest BCUT2D eigenvalue weighted by atomic mass is 16.5. The second kappa shape index (κ2) is 7.51. The van der Waals surface area contributed by atoms with Crippen LogP contribution in [-0.2, 0) is 28.9 Å². The number of aromatic nitrogens is 2. The summed E-state index contributed by atoms with van der Waals surface area (Å²) >= 11 is 0. The van der Waals surface area contributed by atoms with Crippen LogP contribution in [0.15, 0.2) is 35.1 Å². The van der Waals surface area contributed by atoms with Crippen LogP contribution in [0.1, 0.15) is 29.9 Å². The van der Waals surface area contributed by atoms with E-state index in [1.54, 1.807) is 6.92 Å². The van der Waals surface area contributed by atoms with E-state index in [-0.39, 0.29) is 18.1 Å². The molecule has 0 amide bonds. The standard InChI is InChI=1S/C19H23N3O3/c1-13-20-16-11-10-15(9-8-14-6-4-3-5-7-14)21-18(16)19(24)22(13)12-17(23)25-2/h3-7,15,21H,8-12H2,1-2H3. The van der Waals surface area contributed by atoms with E-state index < -0.39 is 5.97 Å². The van der Waals surface area contributed by atoms with Crippen molar-refractivity contribution >= 4 is 11.7 Å². The number of nitrogens with one attached hydrogen (secondary N) is 1. The fraction of sp³-hybridized carbons (Fsp3) is 0.421. The smallest absolute Gasteiger partial charge is 0.325 e. The minimum Gasteiger partial charge on any atom is -0.468 e. The van der Waals surface area contributed by atoms with Gasteiger partial charge in [-0.1, -0.05) is 30.3 Å². The molecule has 2 heterocycles. The number of nitrogens with zero attached hydrogens (tertiary/aromatic N) is 2. The molecule has 1 aliphatic heterocycles. The molecule has 1 aromatic carbocycles. The van der Waals surface area contributed by atoms with Crippen LogP contribution in [0.2, 0.25) is 0 Å². The zero-order chi connectivity index (χ0) is 17.8. The number of rotatable bonds is 5. The fourth-order valence-corrected chi connectivity index (χ4v) is 3.21. The molecule has 0 fully saturated rings. The van der Waals surface area contributed by atoms with Gasteiger partial charge < -0.3 is 10.1 Å². The van der Waals surface area contributed by atoms with Gasteiger partial charge in [0.15, 0.2) is 0 Å². The van der Waals surface area contributed by atoms with Gasteiger partial charge in [0.25, 0.3) is 5.56 Å². The Morgan fingerprint density at radius 3 is 2.84 bits per heavy atom. The number of methoxy groups -OCH3 is 1. The van der Waals surface area contributed by atoms with Crippen LogP contribution >= 0.6 is 0 Å². The van der Waals surface area contributed by atoms with Crippen molar-refractivity contribution in [3.8, 4) is 0 Å². The Morgan fingerprint density at radius 1 is 1.36 bits per heavy atom. The second-order valence-corrected chi connectivity index (χ2v) is 6.35. The topological polar surface area (TPSA) is 73.2 Å². The molecule has 0 saturated carbocycles. The zero-order valence-corrected chi connectivity index (χ0v) is 14.6. The van der Waals surface area contributed by atoms with Crippen molar-refractivity contribution in [2.24, 2.45) is 0 Å². The lowest BCUT2D eigenvalue weighted by molar-refractivity contribution is -0.141. The van der Waals surface area contributed by atoms with Gasteiger partial charge >= 0.3 is 5.97 Å². The van der Waals surface area contributed by atoms with Gasteiger partial charge in [0, 0.05) is 6.04 Å². The number of benzene rings is 1. The number of carbonyl (C=O) groups is 1. The van der Waals surface area contributed by atoms with Crippen molar-refractivity contribution in [1.29, 1.82) is 0 Å². The molecule has 0 spiro atoms. The van der Waals surface area contributed by atoms with E-state index in [9.17, 15) is 9.59 Å². The molecule has 1 unspecified atom stereocenters. The van der Waals surface area contributed by atoms with Gasteiger partial charge in [0.2, 0.25) is 0 Å². The largest absolute Gasteiger partial charge is 0.468 e. The molecule has 1 aliphatic rings. The fourth-order valence-electron chi connectivity index (χ4n) is 3.21. The van der Waals surface area contributed by atoms with Crippen LogP contribution in [0.3, 0.4) is 0 Å². The van der Waals surface area contributed by atoms with Crippen LogP contribution < -0.4 is 10.9 Å². The first-order chi connectivity index (χ1) is 12.1. The van der Waals surface area contributed by atoms with Gasteiger partial charge in [0.05, 0.1) is 12.8 Å². The number of ether oxygens (including phenoxy) is 1. The van der Waals surface area contributed by atoms with E-state index in [1.807, 2.05) is 18.2 Å². The third kappa shape index (κ3) is 3.90. The summed E-state index contributed by atoms with van der Waals surface area (Å²) in [6.07, 6.45) is 3.64. The van der Waals surface area contributed by atoms with E-state index in [0.717, 1.165) is 31.4 Å². The molecule has 1 atom stereocenters. The Morgan fingerprint density at radius 2 is 2.12 bits per heavy atom. The Kier molecular flexibility index (Phi) is 5.16. The maximum atomic E-state index is 12.8. The SMILES string of the molecule is COC(=O)Cn1c(C)nc2c(c1=O)NC(CCc1ccccc1)CC2. The third-order valence-corrected chi connectivity index (χ3v) is 4.65. The monoisotopic (exact) mass is 341 g/mol. The predicted octanol–water partition coefficient (Wildman–Crippen LogP) is 2.08. The maximum absolute atomic E-state index is 12.8. The highest BCUT2D eigenvalue weighted by Crippen LogP contribution is 2.22. The first kappa shape index (κ1) is 17.2. The van der Waals surface area contributed by atoms with Crippen LogP contribution in [0, 0.1) is 6.92 Å². The lowest BCUT2D eigenvalue weighted by atomic mass is 9.97. The quantitative estimate of drug-likeness (QED) is 0.843. The lowest BCUT2D eigenvalue weighted by Crippen LogP contribution is -2.37. The zero-order valence-electron chi connectivity index (χ0n) is 14.6. The summed E-state index contributed by atoms with van der Waals surface area (Å²) < 4.78 is 6.04. The maximum Gasteiger partial charge on any atom is 0.325 e. The Balaban J connectivity index is 1.76. The van der Waals surface area contributed by atoms with E-state index in [1.165, 1.54) is 17.2 Å². The molecule has 3 rings (SSSR count). The van der Waals surface area contributed by atoms with Crippen molar-refractivity contribution in [2.45, 2.75) is 45.2 Å². The van der Waals surface area contributed by atoms with Crippen LogP contribution in [0.4, 0.5) is 5.69 Å². The van der Waals surface area contributed by atoms with Gasteiger partial charge in [-0.25, -0.2) is 4.98 Å². The van der Waals surface area contributed by atoms with Crippen LogP contribution in [-0.4, -0.2) is 28.7 Å². The van der Waals surface area contributed by atoms with E-state index in [2.05, 4.69) is 27.2 Å². The molecular weight excluding hydrogens is 318 g/mol. The Labute approximate surface area is 146 Å². The minimum atomic E-state index is -0.455. The first-order valence-corrected chi connectivity index (χ1v) is 8.56. The summed E-state index contributed by atoms with van der Waals surface area (Å²) in [6.45, 7) is 1.63. The number of hydrogen-bond donors (Lipinski definition) is 1. The first-order valence-electron chi connectivity index (χ1n) is 8.56. The number of fused-ring (bicyclic) bond motifs is 1. The minimum absolute atomic E-state index is 0.113. The molecule has 2 aromatic rings. The van der Waals surface area contributed by atoms with Crippen molar-refractivity contribution in [2.75, 3.05) is 12.4 Å². The summed E-state index contributed by atoms with van der Waals surface area (Å²) in [6, 6.07) is 10.6. The van der Waals surface area contributed by atoms with Gasteiger partial charge in [-0.2, -0.15) is 0 Å². The molecule has 6 nitrogen and oxygen atoms in total. The summed E-state index contributed by atoms with van der Waals surface area (Å²) in [5.74, 6) is 0.0853. The molecule has 25 heavy (non-hydrogen) atoms. The lowest BCUT2D eigenvalue weighted by Gasteiger charge is -2.27. The molecule has 1 aromatic heterocycles. The van der Waals surface area contributed by atoms with E-state index in [0.29, 0.717) is 11.5 Å². The van der Waals surface area contributed by atoms with Gasteiger partial charge in [0.1, 0.15) is 18.1 Å². The molecule has 1 N–H and O–H groups in total. The molecule has 0 bridgehead atoms. The number of esters is 1. The van der Waals surface area contributed by atoms with Gasteiger partial charge in [-0.3, -0.25) is 14.2 Å². The Hall–Kier alpha value is -2.63. The van der Waals surface area contributed by atoms with Gasteiger partial charge in [-0.15, -0.1) is 0 Å². The average molecular weight is 341 g/mol. The number of aryl methyl sites for hydroxylation is 3. The molecule has 132 valence electrons. The van der Waals surface area contributed by atoms with Crippen molar-refractivity contribution in [3.05, 3.63) is 57.8 Å². The molecule has 0 aliphatic carbocycles. The average Bonchev–Trinajstić information content (AvgIpc) is 2.64. The van der Waals surface area contributed by atoms with Crippen molar-refractivity contribution in [1.82, 2.24) is 9.55 Å². The highest BCUT2D eigenvalue weighted by molar-refractivity contribution is 5.69. The molecular formula is C19H23N3O3. The molecule has 6 heteroatoms. The summed E-state index contributed by atoms with van der Waals surface area (Å²) in [5, 5.41) is 3.35.